The van der Waals surface area contributed by atoms with Crippen LogP contribution in [-0.4, -0.2) is 38.8 Å². The van der Waals surface area contributed by atoms with Gasteiger partial charge in [0.15, 0.2) is 5.78 Å². The van der Waals surface area contributed by atoms with Gasteiger partial charge in [0.1, 0.15) is 0 Å². The fourth-order valence-electron chi connectivity index (χ4n) is 3.38. The van der Waals surface area contributed by atoms with Crippen molar-refractivity contribution >= 4 is 28.4 Å². The molecule has 1 heterocycles. The molecule has 6 nitrogen and oxygen atoms in total. The molecule has 150 valence electrons. The molecule has 2 aromatic carbocycles. The number of fused-ring (bicyclic) bond motifs is 1. The number of carbonyl (C=O) groups is 2. The van der Waals surface area contributed by atoms with E-state index in [1.54, 1.807) is 11.5 Å². The Bertz CT molecular complexity index is 1130. The summed E-state index contributed by atoms with van der Waals surface area (Å²) in [6.45, 7) is 5.63. The van der Waals surface area contributed by atoms with E-state index < -0.39 is 5.97 Å². The normalized spacial score (nSPS) is 11.8. The third kappa shape index (κ3) is 4.37. The lowest BCUT2D eigenvalue weighted by molar-refractivity contribution is -0.138. The van der Waals surface area contributed by atoms with E-state index in [0.717, 1.165) is 27.7 Å². The van der Waals surface area contributed by atoms with Crippen molar-refractivity contribution in [1.82, 2.24) is 4.57 Å². The average molecular weight is 392 g/mol. The number of benzene rings is 2. The summed E-state index contributed by atoms with van der Waals surface area (Å²) in [6.07, 6.45) is -0.257. The quantitative estimate of drug-likeness (QED) is 0.590. The molecule has 0 aliphatic carbocycles. The van der Waals surface area contributed by atoms with E-state index in [1.807, 2.05) is 56.3 Å². The van der Waals surface area contributed by atoms with Crippen LogP contribution >= 0.6 is 0 Å². The first-order chi connectivity index (χ1) is 13.8. The summed E-state index contributed by atoms with van der Waals surface area (Å²) in [5, 5.41) is 20.6. The highest BCUT2D eigenvalue weighted by molar-refractivity contribution is 6.13. The Labute approximate surface area is 169 Å². The summed E-state index contributed by atoms with van der Waals surface area (Å²) < 4.78 is 1.79. The maximum Gasteiger partial charge on any atom is 0.303 e. The molecule has 0 unspecified atom stereocenters. The van der Waals surface area contributed by atoms with Gasteiger partial charge in [-0.05, 0) is 50.1 Å². The maximum atomic E-state index is 11.9. The van der Waals surface area contributed by atoms with Crippen LogP contribution in [-0.2, 0) is 9.59 Å². The lowest BCUT2D eigenvalue weighted by Gasteiger charge is -2.09. The van der Waals surface area contributed by atoms with Crippen molar-refractivity contribution in [2.24, 2.45) is 4.99 Å². The number of carboxylic acids is 1. The van der Waals surface area contributed by atoms with Crippen LogP contribution in [0.15, 0.2) is 47.5 Å². The summed E-state index contributed by atoms with van der Waals surface area (Å²) in [5.74, 6) is -1.19. The number of hydrogen-bond acceptors (Lipinski definition) is 4. The monoisotopic (exact) mass is 392 g/mol. The van der Waals surface area contributed by atoms with E-state index in [-0.39, 0.29) is 31.0 Å². The highest BCUT2D eigenvalue weighted by Crippen LogP contribution is 2.35. The van der Waals surface area contributed by atoms with Gasteiger partial charge in [-0.2, -0.15) is 0 Å². The molecular weight excluding hydrogens is 368 g/mol. The Balaban J connectivity index is 2.07. The molecule has 0 saturated heterocycles. The smallest absolute Gasteiger partial charge is 0.303 e. The van der Waals surface area contributed by atoms with Gasteiger partial charge in [-0.15, -0.1) is 0 Å². The zero-order chi connectivity index (χ0) is 21.1. The zero-order valence-corrected chi connectivity index (χ0v) is 16.8. The SMILES string of the molecule is CC(=NCC(=O)CCC(=O)O)c1c(O)n(-c2cccc(C)c2)c2cc(C)ccc12. The number of hydrogen-bond donors (Lipinski definition) is 2. The Morgan fingerprint density at radius 2 is 1.76 bits per heavy atom. The Hall–Kier alpha value is -3.41. The summed E-state index contributed by atoms with van der Waals surface area (Å²) >= 11 is 0. The van der Waals surface area contributed by atoms with Crippen LogP contribution in [0.25, 0.3) is 16.6 Å². The highest BCUT2D eigenvalue weighted by Gasteiger charge is 2.20. The summed E-state index contributed by atoms with van der Waals surface area (Å²) in [5.41, 5.74) is 4.95. The third-order valence-corrected chi connectivity index (χ3v) is 4.83. The second-order valence-corrected chi connectivity index (χ2v) is 7.23. The van der Waals surface area contributed by atoms with Crippen LogP contribution in [0, 0.1) is 13.8 Å². The summed E-state index contributed by atoms with van der Waals surface area (Å²) in [4.78, 5) is 26.9. The van der Waals surface area contributed by atoms with Crippen LogP contribution in [0.5, 0.6) is 5.88 Å². The predicted molar refractivity (Wildman–Crippen MR) is 113 cm³/mol. The van der Waals surface area contributed by atoms with E-state index in [9.17, 15) is 14.7 Å². The van der Waals surface area contributed by atoms with Gasteiger partial charge < -0.3 is 10.2 Å². The molecule has 0 aliphatic rings. The zero-order valence-electron chi connectivity index (χ0n) is 16.8. The van der Waals surface area contributed by atoms with Crippen molar-refractivity contribution in [1.29, 1.82) is 0 Å². The van der Waals surface area contributed by atoms with Gasteiger partial charge in [0.25, 0.3) is 0 Å². The van der Waals surface area contributed by atoms with E-state index in [2.05, 4.69) is 4.99 Å². The number of ketones is 1. The number of aryl methyl sites for hydroxylation is 2. The molecule has 0 aliphatic heterocycles. The van der Waals surface area contributed by atoms with Gasteiger partial charge >= 0.3 is 5.97 Å². The van der Waals surface area contributed by atoms with Crippen molar-refractivity contribution < 1.29 is 19.8 Å². The molecule has 0 amide bonds. The lowest BCUT2D eigenvalue weighted by Crippen LogP contribution is -2.08. The molecule has 0 spiro atoms. The van der Waals surface area contributed by atoms with Crippen molar-refractivity contribution in [3.05, 3.63) is 59.2 Å². The molecule has 29 heavy (non-hydrogen) atoms. The first-order valence-electron chi connectivity index (χ1n) is 9.44. The van der Waals surface area contributed by atoms with E-state index in [1.165, 1.54) is 0 Å². The standard InChI is InChI=1S/C23H24N2O4/c1-14-5-4-6-17(11-14)25-20-12-15(2)7-9-19(20)22(23(25)29)16(3)24-13-18(26)8-10-21(27)28/h4-7,9,11-12,29H,8,10,13H2,1-3H3,(H,27,28). The predicted octanol–water partition coefficient (Wildman–Crippen LogP) is 4.20. The molecule has 0 saturated carbocycles. The van der Waals surface area contributed by atoms with Crippen molar-refractivity contribution in [3.63, 3.8) is 0 Å². The number of aliphatic carboxylic acids is 1. The van der Waals surface area contributed by atoms with Crippen molar-refractivity contribution in [3.8, 4) is 11.6 Å². The lowest BCUT2D eigenvalue weighted by atomic mass is 10.1. The van der Waals surface area contributed by atoms with Crippen molar-refractivity contribution in [2.45, 2.75) is 33.6 Å². The van der Waals surface area contributed by atoms with Gasteiger partial charge in [0, 0.05) is 23.2 Å². The maximum absolute atomic E-state index is 11.9. The summed E-state index contributed by atoms with van der Waals surface area (Å²) in [6, 6.07) is 13.8. The molecule has 3 aromatic rings. The molecule has 0 fully saturated rings. The summed E-state index contributed by atoms with van der Waals surface area (Å²) in [7, 11) is 0. The first-order valence-corrected chi connectivity index (χ1v) is 9.44. The number of rotatable bonds is 7. The van der Waals surface area contributed by atoms with Crippen LogP contribution in [0.3, 0.4) is 0 Å². The number of Topliss-reactive ketones (excluding diaryl/α,β-unsaturated/α-hetero) is 1. The number of carboxylic acid groups (broad SMARTS) is 1. The van der Waals surface area contributed by atoms with Gasteiger partial charge in [-0.3, -0.25) is 19.1 Å². The van der Waals surface area contributed by atoms with Gasteiger partial charge in [-0.1, -0.05) is 24.3 Å². The highest BCUT2D eigenvalue weighted by atomic mass is 16.4. The second kappa shape index (κ2) is 8.31. The molecule has 0 bridgehead atoms. The molecule has 2 N–H and O–H groups in total. The number of nitrogens with zero attached hydrogens (tertiary/aromatic N) is 2. The Morgan fingerprint density at radius 1 is 1.03 bits per heavy atom. The van der Waals surface area contributed by atoms with Gasteiger partial charge in [0.2, 0.25) is 5.88 Å². The molecular formula is C23H24N2O4. The minimum atomic E-state index is -1.01. The number of aromatic nitrogens is 1. The van der Waals surface area contributed by atoms with Crippen molar-refractivity contribution in [2.75, 3.05) is 6.54 Å². The molecule has 1 aromatic heterocycles. The van der Waals surface area contributed by atoms with E-state index in [4.69, 9.17) is 5.11 Å². The Kier molecular flexibility index (Phi) is 5.82. The largest absolute Gasteiger partial charge is 0.494 e. The minimum absolute atomic E-state index is 0.0532. The first kappa shape index (κ1) is 20.3. The second-order valence-electron chi connectivity index (χ2n) is 7.23. The van der Waals surface area contributed by atoms with Crippen LogP contribution in [0.2, 0.25) is 0 Å². The van der Waals surface area contributed by atoms with Gasteiger partial charge in [0.05, 0.1) is 24.0 Å². The van der Waals surface area contributed by atoms with Gasteiger partial charge in [-0.25, -0.2) is 0 Å². The molecule has 0 radical (unpaired) electrons. The molecule has 6 heteroatoms. The van der Waals surface area contributed by atoms with E-state index >= 15 is 0 Å². The molecule has 3 rings (SSSR count). The molecule has 0 atom stereocenters. The van der Waals surface area contributed by atoms with Crippen LogP contribution < -0.4 is 0 Å². The van der Waals surface area contributed by atoms with Crippen LogP contribution in [0.4, 0.5) is 0 Å². The third-order valence-electron chi connectivity index (χ3n) is 4.83. The average Bonchev–Trinajstić information content (AvgIpc) is 2.95. The fourth-order valence-corrected chi connectivity index (χ4v) is 3.38. The number of aliphatic imine (C=N–C) groups is 1. The Morgan fingerprint density at radius 3 is 2.45 bits per heavy atom. The number of carbonyl (C=O) groups excluding carboxylic acids is 1. The van der Waals surface area contributed by atoms with E-state index in [0.29, 0.717) is 11.3 Å². The van der Waals surface area contributed by atoms with Crippen LogP contribution in [0.1, 0.15) is 36.5 Å². The minimum Gasteiger partial charge on any atom is -0.494 e. The number of aromatic hydroxyl groups is 1. The fraction of sp³-hybridized carbons (Fsp3) is 0.261. The topological polar surface area (TPSA) is 91.9 Å².